The van der Waals surface area contributed by atoms with Crippen molar-refractivity contribution in [3.05, 3.63) is 23.8 Å². The number of amidine groups is 1. The van der Waals surface area contributed by atoms with Crippen LogP contribution >= 0.6 is 30.1 Å². The van der Waals surface area contributed by atoms with Crippen LogP contribution in [0.1, 0.15) is 59.3 Å². The molecular weight excluding hydrogens is 493 g/mol. The van der Waals surface area contributed by atoms with Crippen LogP contribution < -0.4 is 5.84 Å². The van der Waals surface area contributed by atoms with Crippen LogP contribution in [-0.4, -0.2) is 22.5 Å². The molecule has 0 spiro atoms. The maximum Gasteiger partial charge on any atom is 0.181 e. The first-order valence-electron chi connectivity index (χ1n) is 11.0. The van der Waals surface area contributed by atoms with Gasteiger partial charge in [0.25, 0.3) is 0 Å². The molecule has 4 rings (SSSR count). The first-order chi connectivity index (χ1) is 13.7. The highest BCUT2D eigenvalue weighted by Gasteiger charge is 2.58. The lowest BCUT2D eigenvalue weighted by molar-refractivity contribution is -0.116. The zero-order chi connectivity index (χ0) is 21.0. The smallest absolute Gasteiger partial charge is 0.181 e. The number of nitrogens with one attached hydrogen (secondary N) is 1. The van der Waals surface area contributed by atoms with Crippen LogP contribution in [0.2, 0.25) is 0 Å². The van der Waals surface area contributed by atoms with Gasteiger partial charge >= 0.3 is 0 Å². The van der Waals surface area contributed by atoms with Crippen molar-refractivity contribution in [1.29, 1.82) is 5.41 Å². The van der Waals surface area contributed by atoms with Gasteiger partial charge in [0.05, 0.1) is 0 Å². The van der Waals surface area contributed by atoms with Gasteiger partial charge in [0.2, 0.25) is 0 Å². The van der Waals surface area contributed by atoms with Crippen molar-refractivity contribution in [1.82, 2.24) is 5.01 Å². The molecule has 4 nitrogen and oxygen atoms in total. The molecule has 6 heteroatoms. The molecule has 0 radical (unpaired) electrons. The summed E-state index contributed by atoms with van der Waals surface area (Å²) < 4.78 is 0. The fourth-order valence-corrected chi connectivity index (χ4v) is 8.46. The summed E-state index contributed by atoms with van der Waals surface area (Å²) in [7, 11) is 1.38. The minimum Gasteiger partial charge on any atom is -0.295 e. The standard InChI is InChI=1S/C23H34IN3OS/c1-14(13-27(26)21(25)29-24)18-6-7-19-17-5-4-15-12-16(28)8-10-22(15,2)20(17)9-11-23(18,19)3/h4-5,12,14,17-20,25H,6-11,13,26H2,1-3H3/t14-,17?,18?,19?,20?,22?,23-/m1/s1. The monoisotopic (exact) mass is 527 g/mol. The summed E-state index contributed by atoms with van der Waals surface area (Å²) in [6, 6.07) is 0. The SMILES string of the molecule is C[C@H](CN(N)C(=N)SI)C1CCC2C3C=CC4=CC(=O)CCC4(C)C3CC[C@@]21C. The third-order valence-electron chi connectivity index (χ3n) is 9.09. The summed E-state index contributed by atoms with van der Waals surface area (Å²) in [6.07, 6.45) is 13.5. The maximum absolute atomic E-state index is 12.0. The van der Waals surface area contributed by atoms with Crippen molar-refractivity contribution in [2.75, 3.05) is 6.54 Å². The van der Waals surface area contributed by atoms with Gasteiger partial charge in [-0.15, -0.1) is 0 Å². The Morgan fingerprint density at radius 1 is 1.34 bits per heavy atom. The van der Waals surface area contributed by atoms with E-state index in [0.29, 0.717) is 46.5 Å². The quantitative estimate of drug-likeness (QED) is 0.162. The number of allylic oxidation sites excluding steroid dienone is 4. The lowest BCUT2D eigenvalue weighted by Gasteiger charge is -2.56. The molecule has 0 aromatic rings. The molecule has 2 saturated carbocycles. The summed E-state index contributed by atoms with van der Waals surface area (Å²) in [5.41, 5.74) is 1.82. The fraction of sp³-hybridized carbons (Fsp3) is 0.739. The van der Waals surface area contributed by atoms with E-state index in [2.05, 4.69) is 54.1 Å². The molecule has 3 N–H and O–H groups in total. The topological polar surface area (TPSA) is 70.2 Å². The second kappa shape index (κ2) is 7.97. The van der Waals surface area contributed by atoms with Crippen LogP contribution in [0.15, 0.2) is 23.8 Å². The number of carbonyl (C=O) groups is 1. The van der Waals surface area contributed by atoms with Gasteiger partial charge in [-0.05, 0) is 93.1 Å². The Kier molecular flexibility index (Phi) is 6.01. The van der Waals surface area contributed by atoms with E-state index >= 15 is 0 Å². The zero-order valence-electron chi connectivity index (χ0n) is 17.8. The fourth-order valence-electron chi connectivity index (χ4n) is 7.54. The van der Waals surface area contributed by atoms with Crippen molar-refractivity contribution in [2.45, 2.75) is 59.3 Å². The normalized spacial score (nSPS) is 41.8. The van der Waals surface area contributed by atoms with Gasteiger partial charge in [0, 0.05) is 34.2 Å². The van der Waals surface area contributed by atoms with E-state index in [-0.39, 0.29) is 5.41 Å². The summed E-state index contributed by atoms with van der Waals surface area (Å²) in [6.45, 7) is 8.05. The molecule has 0 heterocycles. The van der Waals surface area contributed by atoms with Crippen molar-refractivity contribution in [3.63, 3.8) is 0 Å². The number of hydrogen-bond acceptors (Lipinski definition) is 4. The van der Waals surface area contributed by atoms with Gasteiger partial charge in [-0.1, -0.05) is 32.9 Å². The Hall–Kier alpha value is -0.340. The molecule has 4 aliphatic carbocycles. The van der Waals surface area contributed by atoms with E-state index in [4.69, 9.17) is 11.3 Å². The summed E-state index contributed by atoms with van der Waals surface area (Å²) in [4.78, 5) is 12.0. The number of nitrogens with zero attached hydrogens (tertiary/aromatic N) is 1. The molecule has 5 unspecified atom stereocenters. The molecule has 0 saturated heterocycles. The second-order valence-electron chi connectivity index (χ2n) is 10.4. The lowest BCUT2D eigenvalue weighted by Crippen LogP contribution is -2.50. The molecule has 0 bridgehead atoms. The minimum absolute atomic E-state index is 0.180. The molecule has 0 aliphatic heterocycles. The zero-order valence-corrected chi connectivity index (χ0v) is 20.8. The molecule has 0 amide bonds. The third kappa shape index (κ3) is 3.55. The van der Waals surface area contributed by atoms with Gasteiger partial charge in [-0.25, -0.2) is 5.84 Å². The van der Waals surface area contributed by atoms with Crippen LogP contribution in [0.25, 0.3) is 0 Å². The van der Waals surface area contributed by atoms with Crippen molar-refractivity contribution in [2.24, 2.45) is 46.3 Å². The van der Waals surface area contributed by atoms with Crippen LogP contribution in [0, 0.1) is 45.8 Å². The number of rotatable bonds is 3. The predicted octanol–water partition coefficient (Wildman–Crippen LogP) is 5.74. The molecule has 29 heavy (non-hydrogen) atoms. The number of nitrogens with two attached hydrogens (primary N) is 1. The Morgan fingerprint density at radius 3 is 2.83 bits per heavy atom. The highest BCUT2D eigenvalue weighted by molar-refractivity contribution is 14.2. The molecule has 2 fully saturated rings. The maximum atomic E-state index is 12.0. The summed E-state index contributed by atoms with van der Waals surface area (Å²) >= 11 is 2.13. The number of hydrogen-bond donors (Lipinski definition) is 2. The molecule has 160 valence electrons. The third-order valence-corrected chi connectivity index (χ3v) is 10.7. The van der Waals surface area contributed by atoms with Crippen molar-refractivity contribution >= 4 is 41.1 Å². The average Bonchev–Trinajstić information content (AvgIpc) is 3.05. The van der Waals surface area contributed by atoms with Gasteiger partial charge in [0.1, 0.15) is 0 Å². The summed E-state index contributed by atoms with van der Waals surface area (Å²) in [5, 5.41) is 10.1. The van der Waals surface area contributed by atoms with Crippen molar-refractivity contribution in [3.8, 4) is 0 Å². The molecule has 0 aromatic heterocycles. The van der Waals surface area contributed by atoms with E-state index in [1.165, 1.54) is 40.2 Å². The molecule has 4 aliphatic rings. The van der Waals surface area contributed by atoms with Crippen LogP contribution in [-0.2, 0) is 4.79 Å². The molecule has 7 atom stereocenters. The number of carbonyl (C=O) groups excluding carboxylic acids is 1. The van der Waals surface area contributed by atoms with E-state index in [9.17, 15) is 4.79 Å². The minimum atomic E-state index is 0.180. The Bertz CT molecular complexity index is 767. The first kappa shape index (κ1) is 21.9. The molecular formula is C23H34IN3OS. The van der Waals surface area contributed by atoms with Crippen LogP contribution in [0.4, 0.5) is 0 Å². The van der Waals surface area contributed by atoms with Crippen molar-refractivity contribution < 1.29 is 4.79 Å². The number of fused-ring (bicyclic) bond motifs is 5. The van der Waals surface area contributed by atoms with Gasteiger partial charge in [-0.3, -0.25) is 15.2 Å². The predicted molar refractivity (Wildman–Crippen MR) is 130 cm³/mol. The van der Waals surface area contributed by atoms with E-state index < -0.39 is 0 Å². The van der Waals surface area contributed by atoms with E-state index in [0.717, 1.165) is 18.9 Å². The number of ketones is 1. The largest absolute Gasteiger partial charge is 0.295 e. The summed E-state index contributed by atoms with van der Waals surface area (Å²) in [5.74, 6) is 9.65. The van der Waals surface area contributed by atoms with Gasteiger partial charge in [0.15, 0.2) is 11.0 Å². The average molecular weight is 528 g/mol. The van der Waals surface area contributed by atoms with Crippen LogP contribution in [0.5, 0.6) is 0 Å². The van der Waals surface area contributed by atoms with E-state index in [1.54, 1.807) is 5.01 Å². The Balaban J connectivity index is 1.56. The first-order valence-corrected chi connectivity index (χ1v) is 14.4. The number of halogens is 1. The number of hydrazine groups is 1. The molecule has 0 aromatic carbocycles. The Labute approximate surface area is 191 Å². The Morgan fingerprint density at radius 2 is 2.10 bits per heavy atom. The van der Waals surface area contributed by atoms with Crippen LogP contribution in [0.3, 0.4) is 0 Å². The highest BCUT2D eigenvalue weighted by Crippen LogP contribution is 2.66. The second-order valence-corrected chi connectivity index (χ2v) is 12.2. The lowest BCUT2D eigenvalue weighted by atomic mass is 9.48. The van der Waals surface area contributed by atoms with E-state index in [1.807, 2.05) is 6.08 Å². The highest BCUT2D eigenvalue weighted by atomic mass is 127. The van der Waals surface area contributed by atoms with Gasteiger partial charge in [-0.2, -0.15) is 0 Å². The van der Waals surface area contributed by atoms with Gasteiger partial charge < -0.3 is 0 Å².